The number of aliphatic hydroxyl groups excluding tert-OH is 1. The van der Waals surface area contributed by atoms with Crippen LogP contribution in [0.2, 0.25) is 0 Å². The molecule has 274 valence electrons. The Kier molecular flexibility index (Phi) is 11.5. The highest BCUT2D eigenvalue weighted by atomic mass is 16.7. The Hall–Kier alpha value is -2.63. The van der Waals surface area contributed by atoms with Crippen LogP contribution in [0.5, 0.6) is 0 Å². The van der Waals surface area contributed by atoms with Gasteiger partial charge in [0.2, 0.25) is 0 Å². The summed E-state index contributed by atoms with van der Waals surface area (Å²) >= 11 is 0. The van der Waals surface area contributed by atoms with E-state index in [0.717, 1.165) is 24.0 Å². The number of aliphatic hydroxyl groups is 2. The van der Waals surface area contributed by atoms with Crippen LogP contribution in [0.4, 0.5) is 0 Å². The van der Waals surface area contributed by atoms with E-state index in [2.05, 4.69) is 33.8 Å². The Balaban J connectivity index is 1.36. The maximum absolute atomic E-state index is 14.1. The lowest BCUT2D eigenvalue weighted by Crippen LogP contribution is -2.58. The molecule has 3 saturated heterocycles. The molecule has 2 bridgehead atoms. The number of carbonyl (C=O) groups excluding carboxylic acids is 1. The molecule has 2 N–H and O–H groups in total. The Labute approximate surface area is 297 Å². The molecule has 4 heterocycles. The van der Waals surface area contributed by atoms with Crippen molar-refractivity contribution < 1.29 is 43.4 Å². The van der Waals surface area contributed by atoms with Gasteiger partial charge in [0, 0.05) is 32.3 Å². The van der Waals surface area contributed by atoms with Crippen LogP contribution >= 0.6 is 0 Å². The zero-order valence-corrected chi connectivity index (χ0v) is 30.5. The van der Waals surface area contributed by atoms with E-state index in [9.17, 15) is 15.0 Å². The molecule has 1 aliphatic carbocycles. The Morgan fingerprint density at radius 3 is 2.60 bits per heavy atom. The Bertz CT molecular complexity index is 1470. The molecule has 3 fully saturated rings. The number of benzene rings is 1. The van der Waals surface area contributed by atoms with Crippen molar-refractivity contribution in [3.8, 4) is 0 Å². The van der Waals surface area contributed by atoms with E-state index in [1.54, 1.807) is 20.1 Å². The molecule has 9 nitrogen and oxygen atoms in total. The van der Waals surface area contributed by atoms with Gasteiger partial charge in [-0.1, -0.05) is 81.5 Å². The number of allylic oxidation sites excluding steroid dienone is 2. The number of hydrogen-bond acceptors (Lipinski definition) is 9. The first kappa shape index (κ1) is 37.1. The SMILES string of the molecule is CC[C@H]1O[C@]2(CC[C@@H]1C)C[C@@H]1C[C@@H](C/C=C(\C)[C@H](OCC(OC)c3ccccc3)[C@@H](C)/C=C/C=C3\CO[C@@H]4[C@H](O)C(C)=C[C@@H](C(=O)O1)[C@]34O)O2. The van der Waals surface area contributed by atoms with Crippen molar-refractivity contribution in [3.63, 3.8) is 0 Å². The first-order chi connectivity index (χ1) is 24.0. The van der Waals surface area contributed by atoms with Gasteiger partial charge in [-0.25, -0.2) is 0 Å². The summed E-state index contributed by atoms with van der Waals surface area (Å²) in [5, 5.41) is 23.4. The first-order valence-electron chi connectivity index (χ1n) is 18.5. The third-order valence-corrected chi connectivity index (χ3v) is 11.6. The second kappa shape index (κ2) is 15.5. The average molecular weight is 693 g/mol. The minimum atomic E-state index is -1.76. The zero-order valence-electron chi connectivity index (χ0n) is 30.5. The molecule has 4 aliphatic heterocycles. The van der Waals surface area contributed by atoms with Crippen LogP contribution in [0, 0.1) is 17.8 Å². The number of ether oxygens (including phenoxy) is 6. The lowest BCUT2D eigenvalue weighted by molar-refractivity contribution is -0.335. The Morgan fingerprint density at radius 2 is 1.86 bits per heavy atom. The van der Waals surface area contributed by atoms with Gasteiger partial charge in [0.1, 0.15) is 35.9 Å². The van der Waals surface area contributed by atoms with E-state index in [1.165, 1.54) is 0 Å². The number of esters is 1. The first-order valence-corrected chi connectivity index (χ1v) is 18.5. The van der Waals surface area contributed by atoms with Gasteiger partial charge in [0.05, 0.1) is 31.5 Å². The fourth-order valence-electron chi connectivity index (χ4n) is 8.61. The van der Waals surface area contributed by atoms with E-state index in [-0.39, 0.29) is 36.9 Å². The van der Waals surface area contributed by atoms with Crippen LogP contribution in [0.15, 0.2) is 77.4 Å². The summed E-state index contributed by atoms with van der Waals surface area (Å²) in [6.45, 7) is 10.7. The second-order valence-corrected chi connectivity index (χ2v) is 15.1. The standard InChI is InChI=1S/C41H56O9/c1-7-34-25(2)18-19-40(50-34)22-32-21-31(49-40)17-16-27(4)37(46-24-35(45-6)29-13-9-8-10-14-29)26(3)12-11-15-30-23-47-38-36(42)28(5)20-33(39(43)48-32)41(30,38)44/h8-16,20,25-26,31-38,42,44H,7,17-19,21-24H2,1-6H3/b12-11+,27-16+,30-15+/t25-,26-,31+,32-,33-,34+,35?,36+,37+,38+,40+,41+/m0/s1. The molecule has 1 aromatic carbocycles. The zero-order chi connectivity index (χ0) is 35.6. The van der Waals surface area contributed by atoms with Crippen LogP contribution < -0.4 is 0 Å². The Morgan fingerprint density at radius 1 is 1.08 bits per heavy atom. The van der Waals surface area contributed by atoms with Gasteiger partial charge in [0.15, 0.2) is 5.79 Å². The van der Waals surface area contributed by atoms with Gasteiger partial charge in [-0.05, 0) is 61.3 Å². The van der Waals surface area contributed by atoms with Crippen molar-refractivity contribution >= 4 is 5.97 Å². The summed E-state index contributed by atoms with van der Waals surface area (Å²) in [4.78, 5) is 14.1. The lowest BCUT2D eigenvalue weighted by Gasteiger charge is -2.50. The predicted octanol–water partition coefficient (Wildman–Crippen LogP) is 6.31. The largest absolute Gasteiger partial charge is 0.462 e. The molecule has 9 heteroatoms. The molecule has 6 rings (SSSR count). The number of rotatable bonds is 6. The fourth-order valence-corrected chi connectivity index (χ4v) is 8.61. The topological polar surface area (TPSA) is 113 Å². The minimum absolute atomic E-state index is 0.0490. The van der Waals surface area contributed by atoms with Crippen LogP contribution in [-0.4, -0.2) is 84.5 Å². The summed E-state index contributed by atoms with van der Waals surface area (Å²) in [5.41, 5.74) is 1.44. The summed E-state index contributed by atoms with van der Waals surface area (Å²) in [5.74, 6) is -2.09. The lowest BCUT2D eigenvalue weighted by atomic mass is 9.71. The fraction of sp³-hybridized carbons (Fsp3) is 0.634. The van der Waals surface area contributed by atoms with Gasteiger partial charge < -0.3 is 38.6 Å². The molecule has 0 saturated carbocycles. The molecule has 1 spiro atoms. The van der Waals surface area contributed by atoms with Gasteiger partial charge in [-0.3, -0.25) is 4.79 Å². The molecule has 0 aromatic heterocycles. The van der Waals surface area contributed by atoms with Gasteiger partial charge in [-0.2, -0.15) is 0 Å². The minimum Gasteiger partial charge on any atom is -0.462 e. The van der Waals surface area contributed by atoms with Gasteiger partial charge >= 0.3 is 5.97 Å². The number of methoxy groups -OCH3 is 1. The van der Waals surface area contributed by atoms with Crippen molar-refractivity contribution in [3.05, 3.63) is 83.0 Å². The van der Waals surface area contributed by atoms with Crippen molar-refractivity contribution in [2.75, 3.05) is 20.3 Å². The van der Waals surface area contributed by atoms with Crippen LogP contribution in [0.3, 0.4) is 0 Å². The third-order valence-electron chi connectivity index (χ3n) is 11.6. The van der Waals surface area contributed by atoms with Gasteiger partial charge in [-0.15, -0.1) is 0 Å². The van der Waals surface area contributed by atoms with Gasteiger partial charge in [0.25, 0.3) is 0 Å². The van der Waals surface area contributed by atoms with E-state index < -0.39 is 41.6 Å². The van der Waals surface area contributed by atoms with E-state index >= 15 is 0 Å². The number of hydrogen-bond donors (Lipinski definition) is 2. The van der Waals surface area contributed by atoms with Crippen molar-refractivity contribution in [1.82, 2.24) is 0 Å². The highest BCUT2D eigenvalue weighted by Gasteiger charge is 2.60. The summed E-state index contributed by atoms with van der Waals surface area (Å²) < 4.78 is 38.4. The summed E-state index contributed by atoms with van der Waals surface area (Å²) in [6, 6.07) is 10.1. The normalized spacial score (nSPS) is 42.7. The molecule has 1 unspecified atom stereocenters. The smallest absolute Gasteiger partial charge is 0.316 e. The molecule has 50 heavy (non-hydrogen) atoms. The summed E-state index contributed by atoms with van der Waals surface area (Å²) in [6.07, 6.45) is 10.4. The van der Waals surface area contributed by atoms with Crippen molar-refractivity contribution in [1.29, 1.82) is 0 Å². The number of carbonyl (C=O) groups is 1. The molecule has 12 atom stereocenters. The predicted molar refractivity (Wildman–Crippen MR) is 189 cm³/mol. The van der Waals surface area contributed by atoms with Crippen molar-refractivity contribution in [2.45, 2.75) is 127 Å². The summed E-state index contributed by atoms with van der Waals surface area (Å²) in [7, 11) is 1.70. The van der Waals surface area contributed by atoms with Crippen molar-refractivity contribution in [2.24, 2.45) is 17.8 Å². The van der Waals surface area contributed by atoms with E-state index in [1.807, 2.05) is 48.6 Å². The third kappa shape index (κ3) is 7.47. The molecular weight excluding hydrogens is 636 g/mol. The maximum Gasteiger partial charge on any atom is 0.316 e. The second-order valence-electron chi connectivity index (χ2n) is 15.1. The maximum atomic E-state index is 14.1. The number of fused-ring (bicyclic) bond motifs is 2. The molecule has 5 aliphatic rings. The highest BCUT2D eigenvalue weighted by molar-refractivity contribution is 5.78. The molecule has 0 radical (unpaired) electrons. The monoisotopic (exact) mass is 692 g/mol. The quantitative estimate of drug-likeness (QED) is 0.262. The van der Waals surface area contributed by atoms with Crippen LogP contribution in [-0.2, 0) is 33.2 Å². The molecular formula is C41H56O9. The average Bonchev–Trinajstić information content (AvgIpc) is 3.45. The van der Waals surface area contributed by atoms with E-state index in [0.29, 0.717) is 49.4 Å². The molecule has 0 amide bonds. The van der Waals surface area contributed by atoms with Crippen LogP contribution in [0.25, 0.3) is 0 Å². The van der Waals surface area contributed by atoms with Crippen LogP contribution in [0.1, 0.15) is 84.8 Å². The van der Waals surface area contributed by atoms with E-state index in [4.69, 9.17) is 28.4 Å². The molecule has 1 aromatic rings. The highest BCUT2D eigenvalue weighted by Crippen LogP contribution is 2.47.